The van der Waals surface area contributed by atoms with E-state index >= 15 is 0 Å². The van der Waals surface area contributed by atoms with Crippen molar-refractivity contribution in [2.24, 2.45) is 4.99 Å². The predicted octanol–water partition coefficient (Wildman–Crippen LogP) is 1.32. The van der Waals surface area contributed by atoms with Gasteiger partial charge in [0.15, 0.2) is 17.6 Å². The maximum atomic E-state index is 13.7. The molecule has 1 aromatic heterocycles. The van der Waals surface area contributed by atoms with Crippen LogP contribution in [0.2, 0.25) is 0 Å². The number of hydrogen-bond donors (Lipinski definition) is 2. The summed E-state index contributed by atoms with van der Waals surface area (Å²) in [6.45, 7) is 1.60. The number of halogens is 2. The van der Waals surface area contributed by atoms with E-state index in [1.54, 1.807) is 19.3 Å². The zero-order valence-electron chi connectivity index (χ0n) is 12.1. The van der Waals surface area contributed by atoms with Gasteiger partial charge in [-0.15, -0.1) is 0 Å². The summed E-state index contributed by atoms with van der Waals surface area (Å²) in [4.78, 5) is 10.1. The quantitative estimate of drug-likeness (QED) is 0.489. The highest BCUT2D eigenvalue weighted by Gasteiger charge is 2.25. The molecule has 0 radical (unpaired) electrons. The van der Waals surface area contributed by atoms with E-state index in [4.69, 9.17) is 0 Å². The van der Waals surface area contributed by atoms with Gasteiger partial charge in [-0.1, -0.05) is 0 Å². The molecule has 0 saturated carbocycles. The highest BCUT2D eigenvalue weighted by atomic mass is 19.1. The SMILES string of the molecule is CN=C(NCCCF)NC1CCN(c2ncccc2F)C1. The predicted molar refractivity (Wildman–Crippen MR) is 79.9 cm³/mol. The fourth-order valence-electron chi connectivity index (χ4n) is 2.34. The Morgan fingerprint density at radius 1 is 1.57 bits per heavy atom. The van der Waals surface area contributed by atoms with Crippen LogP contribution in [0.25, 0.3) is 0 Å². The van der Waals surface area contributed by atoms with Crippen LogP contribution in [0.5, 0.6) is 0 Å². The number of aliphatic imine (C=N–C) groups is 1. The third kappa shape index (κ3) is 4.27. The van der Waals surface area contributed by atoms with Crippen LogP contribution in [0.4, 0.5) is 14.6 Å². The molecule has 5 nitrogen and oxygen atoms in total. The first kappa shape index (κ1) is 15.5. The summed E-state index contributed by atoms with van der Waals surface area (Å²) in [5.74, 6) is 0.738. The van der Waals surface area contributed by atoms with Crippen LogP contribution in [0.3, 0.4) is 0 Å². The molecule has 116 valence electrons. The van der Waals surface area contributed by atoms with E-state index in [1.165, 1.54) is 6.07 Å². The minimum atomic E-state index is -0.347. The summed E-state index contributed by atoms with van der Waals surface area (Å²) in [6.07, 6.45) is 2.92. The third-order valence-corrected chi connectivity index (χ3v) is 3.39. The molecular weight excluding hydrogens is 276 g/mol. The Morgan fingerprint density at radius 2 is 2.43 bits per heavy atom. The second-order valence-corrected chi connectivity index (χ2v) is 4.93. The number of rotatable bonds is 5. The Balaban J connectivity index is 1.86. The van der Waals surface area contributed by atoms with Gasteiger partial charge >= 0.3 is 0 Å². The molecule has 1 atom stereocenters. The van der Waals surface area contributed by atoms with Crippen LogP contribution in [0, 0.1) is 5.82 Å². The maximum absolute atomic E-state index is 13.7. The molecule has 1 aliphatic heterocycles. The lowest BCUT2D eigenvalue weighted by atomic mass is 10.3. The van der Waals surface area contributed by atoms with Crippen molar-refractivity contribution < 1.29 is 8.78 Å². The monoisotopic (exact) mass is 297 g/mol. The first-order chi connectivity index (χ1) is 10.2. The minimum Gasteiger partial charge on any atom is -0.356 e. The normalized spacial score (nSPS) is 18.9. The number of anilines is 1. The Hall–Kier alpha value is -1.92. The summed E-state index contributed by atoms with van der Waals surface area (Å²) in [6, 6.07) is 3.17. The number of nitrogens with zero attached hydrogens (tertiary/aromatic N) is 3. The molecule has 1 fully saturated rings. The molecule has 0 amide bonds. The average molecular weight is 297 g/mol. The molecule has 2 N–H and O–H groups in total. The van der Waals surface area contributed by atoms with E-state index in [0.717, 1.165) is 13.0 Å². The third-order valence-electron chi connectivity index (χ3n) is 3.39. The van der Waals surface area contributed by atoms with Gasteiger partial charge in [-0.2, -0.15) is 0 Å². The fraction of sp³-hybridized carbons (Fsp3) is 0.571. The molecule has 21 heavy (non-hydrogen) atoms. The van der Waals surface area contributed by atoms with Gasteiger partial charge in [0, 0.05) is 38.9 Å². The molecule has 0 bridgehead atoms. The van der Waals surface area contributed by atoms with Crippen molar-refractivity contribution in [3.05, 3.63) is 24.1 Å². The van der Waals surface area contributed by atoms with Gasteiger partial charge in [-0.3, -0.25) is 9.38 Å². The van der Waals surface area contributed by atoms with Crippen molar-refractivity contribution in [1.29, 1.82) is 0 Å². The lowest BCUT2D eigenvalue weighted by Gasteiger charge is -2.19. The van der Waals surface area contributed by atoms with Crippen molar-refractivity contribution in [3.63, 3.8) is 0 Å². The number of alkyl halides is 1. The molecule has 0 spiro atoms. The van der Waals surface area contributed by atoms with Gasteiger partial charge in [0.25, 0.3) is 0 Å². The zero-order valence-corrected chi connectivity index (χ0v) is 12.1. The molecule has 0 aliphatic carbocycles. The van der Waals surface area contributed by atoms with Gasteiger partial charge in [0.2, 0.25) is 0 Å². The molecule has 0 aromatic carbocycles. The first-order valence-corrected chi connectivity index (χ1v) is 7.13. The van der Waals surface area contributed by atoms with Crippen LogP contribution < -0.4 is 15.5 Å². The van der Waals surface area contributed by atoms with Gasteiger partial charge in [0.05, 0.1) is 6.67 Å². The lowest BCUT2D eigenvalue weighted by molar-refractivity contribution is 0.470. The Labute approximate surface area is 123 Å². The largest absolute Gasteiger partial charge is 0.356 e. The van der Waals surface area contributed by atoms with E-state index in [9.17, 15) is 8.78 Å². The highest BCUT2D eigenvalue weighted by Crippen LogP contribution is 2.20. The van der Waals surface area contributed by atoms with Crippen LogP contribution >= 0.6 is 0 Å². The van der Waals surface area contributed by atoms with E-state index in [2.05, 4.69) is 20.6 Å². The average Bonchev–Trinajstić information content (AvgIpc) is 2.95. The highest BCUT2D eigenvalue weighted by molar-refractivity contribution is 5.80. The van der Waals surface area contributed by atoms with Crippen molar-refractivity contribution in [2.45, 2.75) is 18.9 Å². The summed E-state index contributed by atoms with van der Waals surface area (Å²) < 4.78 is 25.8. The summed E-state index contributed by atoms with van der Waals surface area (Å²) in [7, 11) is 1.68. The topological polar surface area (TPSA) is 52.6 Å². The van der Waals surface area contributed by atoms with E-state index in [1.807, 2.05) is 4.90 Å². The number of guanidine groups is 1. The summed E-state index contributed by atoms with van der Waals surface area (Å²) in [5.41, 5.74) is 0. The Kier molecular flexibility index (Phi) is 5.71. The first-order valence-electron chi connectivity index (χ1n) is 7.13. The van der Waals surface area contributed by atoms with Crippen molar-refractivity contribution in [1.82, 2.24) is 15.6 Å². The van der Waals surface area contributed by atoms with E-state index < -0.39 is 0 Å². The van der Waals surface area contributed by atoms with E-state index in [0.29, 0.717) is 31.3 Å². The molecule has 2 heterocycles. The van der Waals surface area contributed by atoms with Crippen LogP contribution in [0.1, 0.15) is 12.8 Å². The number of hydrogen-bond acceptors (Lipinski definition) is 3. The number of aromatic nitrogens is 1. The van der Waals surface area contributed by atoms with Crippen molar-refractivity contribution in [3.8, 4) is 0 Å². The molecule has 1 unspecified atom stereocenters. The molecule has 1 aromatic rings. The summed E-state index contributed by atoms with van der Waals surface area (Å²) in [5, 5.41) is 6.32. The lowest BCUT2D eigenvalue weighted by Crippen LogP contribution is -2.45. The van der Waals surface area contributed by atoms with Crippen molar-refractivity contribution >= 4 is 11.8 Å². The Morgan fingerprint density at radius 3 is 3.14 bits per heavy atom. The van der Waals surface area contributed by atoms with Crippen LogP contribution in [-0.4, -0.2) is 50.3 Å². The second-order valence-electron chi connectivity index (χ2n) is 4.93. The molecular formula is C14H21F2N5. The smallest absolute Gasteiger partial charge is 0.191 e. The number of nitrogens with one attached hydrogen (secondary N) is 2. The number of pyridine rings is 1. The van der Waals surface area contributed by atoms with Crippen LogP contribution in [0.15, 0.2) is 23.3 Å². The fourth-order valence-corrected chi connectivity index (χ4v) is 2.34. The molecule has 2 rings (SSSR count). The maximum Gasteiger partial charge on any atom is 0.191 e. The second kappa shape index (κ2) is 7.75. The van der Waals surface area contributed by atoms with E-state index in [-0.39, 0.29) is 18.5 Å². The molecule has 7 heteroatoms. The van der Waals surface area contributed by atoms with Gasteiger partial charge < -0.3 is 15.5 Å². The standard InChI is InChI=1S/C14H21F2N5/c1-17-14(19-8-3-6-15)20-11-5-9-21(10-11)13-12(16)4-2-7-18-13/h2,4,7,11H,3,5-6,8-10H2,1H3,(H2,17,19,20). The van der Waals surface area contributed by atoms with Crippen molar-refractivity contribution in [2.75, 3.05) is 38.3 Å². The minimum absolute atomic E-state index is 0.169. The molecule has 1 saturated heterocycles. The zero-order chi connectivity index (χ0) is 15.1. The summed E-state index contributed by atoms with van der Waals surface area (Å²) >= 11 is 0. The van der Waals surface area contributed by atoms with Gasteiger partial charge in [-0.05, 0) is 25.0 Å². The van der Waals surface area contributed by atoms with Crippen LogP contribution in [-0.2, 0) is 0 Å². The Bertz CT molecular complexity index is 480. The van der Waals surface area contributed by atoms with Gasteiger partial charge in [-0.25, -0.2) is 9.37 Å². The molecule has 1 aliphatic rings. The van der Waals surface area contributed by atoms with Gasteiger partial charge in [0.1, 0.15) is 0 Å².